The monoisotopic (exact) mass is 420 g/mol. The van der Waals surface area contributed by atoms with E-state index >= 15 is 0 Å². The fourth-order valence-corrected chi connectivity index (χ4v) is 3.24. The van der Waals surface area contributed by atoms with Crippen LogP contribution in [0.1, 0.15) is 22.3 Å². The summed E-state index contributed by atoms with van der Waals surface area (Å²) in [5.41, 5.74) is 7.77. The molecule has 0 atom stereocenters. The van der Waals surface area contributed by atoms with Gasteiger partial charge >= 0.3 is 0 Å². The van der Waals surface area contributed by atoms with Gasteiger partial charge in [0.2, 0.25) is 5.91 Å². The molecule has 0 saturated heterocycles. The SMILES string of the molecule is CN=C(NCCCn1ccc2ccccc21)NCc1ccc(C(=O)NCC(N)=O)cc1. The topological polar surface area (TPSA) is 114 Å². The van der Waals surface area contributed by atoms with E-state index in [0.717, 1.165) is 31.0 Å². The highest BCUT2D eigenvalue weighted by molar-refractivity contribution is 5.96. The molecule has 0 aliphatic rings. The molecule has 2 aromatic carbocycles. The molecule has 0 bridgehead atoms. The minimum Gasteiger partial charge on any atom is -0.368 e. The van der Waals surface area contributed by atoms with Crippen LogP contribution < -0.4 is 21.7 Å². The van der Waals surface area contributed by atoms with Gasteiger partial charge in [0.05, 0.1) is 6.54 Å². The van der Waals surface area contributed by atoms with Crippen LogP contribution >= 0.6 is 0 Å². The molecular weight excluding hydrogens is 392 g/mol. The lowest BCUT2D eigenvalue weighted by molar-refractivity contribution is -0.117. The van der Waals surface area contributed by atoms with Crippen LogP contribution in [0.5, 0.6) is 0 Å². The Morgan fingerprint density at radius 3 is 2.52 bits per heavy atom. The Morgan fingerprint density at radius 1 is 1.00 bits per heavy atom. The summed E-state index contributed by atoms with van der Waals surface area (Å²) in [5, 5.41) is 10.3. The summed E-state index contributed by atoms with van der Waals surface area (Å²) in [7, 11) is 1.74. The molecule has 0 fully saturated rings. The van der Waals surface area contributed by atoms with Crippen LogP contribution in [-0.4, -0.2) is 42.5 Å². The van der Waals surface area contributed by atoms with Crippen molar-refractivity contribution in [3.63, 3.8) is 0 Å². The van der Waals surface area contributed by atoms with Crippen LogP contribution in [0.15, 0.2) is 65.8 Å². The molecule has 5 N–H and O–H groups in total. The average molecular weight is 421 g/mol. The molecule has 8 heteroatoms. The van der Waals surface area contributed by atoms with E-state index in [0.29, 0.717) is 12.1 Å². The maximum absolute atomic E-state index is 11.9. The summed E-state index contributed by atoms with van der Waals surface area (Å²) in [6.45, 7) is 2.12. The number of nitrogens with two attached hydrogens (primary N) is 1. The quantitative estimate of drug-likeness (QED) is 0.239. The predicted octanol–water partition coefficient (Wildman–Crippen LogP) is 1.61. The zero-order chi connectivity index (χ0) is 22.1. The first-order valence-corrected chi connectivity index (χ1v) is 10.2. The van der Waals surface area contributed by atoms with Gasteiger partial charge in [-0.1, -0.05) is 30.3 Å². The second-order valence-corrected chi connectivity index (χ2v) is 7.12. The van der Waals surface area contributed by atoms with Crippen molar-refractivity contribution in [3.05, 3.63) is 71.9 Å². The van der Waals surface area contributed by atoms with Crippen LogP contribution in [0.2, 0.25) is 0 Å². The number of benzene rings is 2. The lowest BCUT2D eigenvalue weighted by atomic mass is 10.1. The summed E-state index contributed by atoms with van der Waals surface area (Å²) >= 11 is 0. The third-order valence-corrected chi connectivity index (χ3v) is 4.87. The summed E-state index contributed by atoms with van der Waals surface area (Å²) in [6, 6.07) is 17.6. The van der Waals surface area contributed by atoms with E-state index in [1.54, 1.807) is 19.2 Å². The summed E-state index contributed by atoms with van der Waals surface area (Å²) < 4.78 is 2.26. The number of primary amides is 1. The maximum Gasteiger partial charge on any atom is 0.251 e. The third-order valence-electron chi connectivity index (χ3n) is 4.87. The number of nitrogens with zero attached hydrogens (tertiary/aromatic N) is 2. The number of hydrogen-bond acceptors (Lipinski definition) is 3. The summed E-state index contributed by atoms with van der Waals surface area (Å²) in [5.74, 6) is -0.179. The number of fused-ring (bicyclic) bond motifs is 1. The van der Waals surface area contributed by atoms with Gasteiger partial charge in [0.25, 0.3) is 5.91 Å². The fraction of sp³-hybridized carbons (Fsp3) is 0.261. The van der Waals surface area contributed by atoms with Crippen LogP contribution in [-0.2, 0) is 17.9 Å². The standard InChI is InChI=1S/C23H28N6O2/c1-25-23(26-12-4-13-29-14-11-18-5-2-3-6-20(18)29)28-15-17-7-9-19(10-8-17)22(31)27-16-21(24)30/h2-3,5-11,14H,4,12-13,15-16H2,1H3,(H2,24,30)(H,27,31)(H2,25,26,28). The molecule has 0 spiro atoms. The number of carbonyl (C=O) groups is 2. The van der Waals surface area contributed by atoms with Gasteiger partial charge in [0.15, 0.2) is 5.96 Å². The molecule has 3 aromatic rings. The van der Waals surface area contributed by atoms with Crippen molar-refractivity contribution in [2.24, 2.45) is 10.7 Å². The van der Waals surface area contributed by atoms with Crippen molar-refractivity contribution < 1.29 is 9.59 Å². The lowest BCUT2D eigenvalue weighted by Crippen LogP contribution is -2.37. The maximum atomic E-state index is 11.9. The second kappa shape index (κ2) is 10.8. The molecular formula is C23H28N6O2. The van der Waals surface area contributed by atoms with Crippen molar-refractivity contribution in [2.45, 2.75) is 19.5 Å². The predicted molar refractivity (Wildman–Crippen MR) is 123 cm³/mol. The van der Waals surface area contributed by atoms with E-state index in [1.807, 2.05) is 12.1 Å². The molecule has 1 heterocycles. The molecule has 1 aromatic heterocycles. The Bertz CT molecular complexity index is 1060. The Hall–Kier alpha value is -3.81. The Morgan fingerprint density at radius 2 is 1.77 bits per heavy atom. The van der Waals surface area contributed by atoms with E-state index in [1.165, 1.54) is 10.9 Å². The van der Waals surface area contributed by atoms with Crippen molar-refractivity contribution in [1.29, 1.82) is 0 Å². The van der Waals surface area contributed by atoms with Crippen molar-refractivity contribution in [2.75, 3.05) is 20.1 Å². The summed E-state index contributed by atoms with van der Waals surface area (Å²) in [6.07, 6.45) is 3.09. The Labute approximate surface area is 181 Å². The number of para-hydroxylation sites is 1. The molecule has 162 valence electrons. The van der Waals surface area contributed by atoms with E-state index in [9.17, 15) is 9.59 Å². The van der Waals surface area contributed by atoms with Crippen LogP contribution in [0.4, 0.5) is 0 Å². The van der Waals surface area contributed by atoms with Gasteiger partial charge < -0.3 is 26.3 Å². The number of rotatable bonds is 9. The number of aliphatic imine (C=N–C) groups is 1. The van der Waals surface area contributed by atoms with E-state index in [4.69, 9.17) is 5.73 Å². The molecule has 2 amide bonds. The zero-order valence-electron chi connectivity index (χ0n) is 17.6. The van der Waals surface area contributed by atoms with Gasteiger partial charge in [0.1, 0.15) is 0 Å². The third kappa shape index (κ3) is 6.33. The average Bonchev–Trinajstić information content (AvgIpc) is 3.20. The number of amides is 2. The van der Waals surface area contributed by atoms with E-state index < -0.39 is 5.91 Å². The number of carbonyl (C=O) groups excluding carboxylic acids is 2. The first kappa shape index (κ1) is 21.9. The van der Waals surface area contributed by atoms with E-state index in [2.05, 4.69) is 62.0 Å². The molecule has 8 nitrogen and oxygen atoms in total. The first-order chi connectivity index (χ1) is 15.1. The first-order valence-electron chi connectivity index (χ1n) is 10.2. The van der Waals surface area contributed by atoms with Gasteiger partial charge in [-0.15, -0.1) is 0 Å². The summed E-state index contributed by atoms with van der Waals surface area (Å²) in [4.78, 5) is 26.9. The van der Waals surface area contributed by atoms with Gasteiger partial charge in [-0.3, -0.25) is 14.6 Å². The highest BCUT2D eigenvalue weighted by Gasteiger charge is 2.06. The second-order valence-electron chi connectivity index (χ2n) is 7.12. The zero-order valence-corrected chi connectivity index (χ0v) is 17.6. The molecule has 3 rings (SSSR count). The van der Waals surface area contributed by atoms with Crippen molar-refractivity contribution in [3.8, 4) is 0 Å². The molecule has 0 aliphatic carbocycles. The highest BCUT2D eigenvalue weighted by Crippen LogP contribution is 2.15. The number of aromatic nitrogens is 1. The van der Waals surface area contributed by atoms with Crippen LogP contribution in [0, 0.1) is 0 Å². The Kier molecular flexibility index (Phi) is 7.64. The normalized spacial score (nSPS) is 11.3. The van der Waals surface area contributed by atoms with Gasteiger partial charge in [-0.05, 0) is 41.6 Å². The molecule has 0 aliphatic heterocycles. The molecule has 31 heavy (non-hydrogen) atoms. The highest BCUT2D eigenvalue weighted by atomic mass is 16.2. The number of guanidine groups is 1. The Balaban J connectivity index is 1.41. The van der Waals surface area contributed by atoms with E-state index in [-0.39, 0.29) is 12.5 Å². The molecule has 0 unspecified atom stereocenters. The largest absolute Gasteiger partial charge is 0.368 e. The van der Waals surface area contributed by atoms with Crippen LogP contribution in [0.25, 0.3) is 10.9 Å². The minimum absolute atomic E-state index is 0.176. The smallest absolute Gasteiger partial charge is 0.251 e. The lowest BCUT2D eigenvalue weighted by Gasteiger charge is -2.13. The molecule has 0 saturated carbocycles. The van der Waals surface area contributed by atoms with Gasteiger partial charge in [-0.25, -0.2) is 0 Å². The number of hydrogen-bond donors (Lipinski definition) is 4. The minimum atomic E-state index is -0.574. The van der Waals surface area contributed by atoms with Gasteiger partial charge in [-0.2, -0.15) is 0 Å². The molecule has 0 radical (unpaired) electrons. The van der Waals surface area contributed by atoms with Crippen molar-refractivity contribution >= 4 is 28.7 Å². The van der Waals surface area contributed by atoms with Crippen LogP contribution in [0.3, 0.4) is 0 Å². The number of nitrogens with one attached hydrogen (secondary N) is 3. The number of aryl methyl sites for hydroxylation is 1. The van der Waals surface area contributed by atoms with Crippen molar-refractivity contribution in [1.82, 2.24) is 20.5 Å². The van der Waals surface area contributed by atoms with Gasteiger partial charge in [0, 0.05) is 44.0 Å². The fourth-order valence-electron chi connectivity index (χ4n) is 3.24.